The zero-order chi connectivity index (χ0) is 14.5. The van der Waals surface area contributed by atoms with E-state index in [-0.39, 0.29) is 17.3 Å². The molecule has 0 saturated heterocycles. The molecule has 0 aliphatic rings. The number of amides is 1. The van der Waals surface area contributed by atoms with Crippen LogP contribution in [0.5, 0.6) is 0 Å². The second kappa shape index (κ2) is 6.53. The molecule has 0 atom stereocenters. The quantitative estimate of drug-likeness (QED) is 0.801. The Morgan fingerprint density at radius 3 is 2.37 bits per heavy atom. The number of benzene rings is 1. The van der Waals surface area contributed by atoms with Crippen LogP contribution in [0.1, 0.15) is 13.8 Å². The van der Waals surface area contributed by atoms with Crippen molar-refractivity contribution < 1.29 is 13.2 Å². The Morgan fingerprint density at radius 2 is 1.84 bits per heavy atom. The second-order valence-electron chi connectivity index (χ2n) is 3.96. The highest BCUT2D eigenvalue weighted by Gasteiger charge is 2.15. The number of primary sulfonamides is 1. The van der Waals surface area contributed by atoms with Gasteiger partial charge in [-0.1, -0.05) is 12.1 Å². The third kappa shape index (κ3) is 4.22. The van der Waals surface area contributed by atoms with E-state index in [0.29, 0.717) is 18.8 Å². The summed E-state index contributed by atoms with van der Waals surface area (Å²) >= 11 is 0. The Labute approximate surface area is 113 Å². The number of likely N-dealkylation sites (N-methyl/N-ethyl adjacent to an activating group) is 1. The highest BCUT2D eigenvalue weighted by molar-refractivity contribution is 7.89. The van der Waals surface area contributed by atoms with E-state index in [1.165, 1.54) is 6.07 Å². The van der Waals surface area contributed by atoms with Gasteiger partial charge in [-0.05, 0) is 26.0 Å². The SMILES string of the molecule is CCN(CC)C(=O)CNc1ccccc1S(N)(=O)=O. The second-order valence-corrected chi connectivity index (χ2v) is 5.49. The zero-order valence-electron chi connectivity index (χ0n) is 11.1. The van der Waals surface area contributed by atoms with Crippen LogP contribution in [0.15, 0.2) is 29.2 Å². The smallest absolute Gasteiger partial charge is 0.241 e. The maximum Gasteiger partial charge on any atom is 0.241 e. The zero-order valence-corrected chi connectivity index (χ0v) is 11.9. The van der Waals surface area contributed by atoms with E-state index < -0.39 is 10.0 Å². The summed E-state index contributed by atoms with van der Waals surface area (Å²) < 4.78 is 22.8. The van der Waals surface area contributed by atoms with Gasteiger partial charge in [0.15, 0.2) is 0 Å². The van der Waals surface area contributed by atoms with Crippen molar-refractivity contribution in [1.82, 2.24) is 4.90 Å². The lowest BCUT2D eigenvalue weighted by Crippen LogP contribution is -2.35. The summed E-state index contributed by atoms with van der Waals surface area (Å²) in [5.41, 5.74) is 0.338. The maximum atomic E-state index is 11.8. The van der Waals surface area contributed by atoms with Crippen LogP contribution in [0.3, 0.4) is 0 Å². The molecule has 0 unspecified atom stereocenters. The van der Waals surface area contributed by atoms with Gasteiger partial charge in [0, 0.05) is 13.1 Å². The van der Waals surface area contributed by atoms with Crippen LogP contribution in [0.25, 0.3) is 0 Å². The fourth-order valence-corrected chi connectivity index (χ4v) is 2.43. The van der Waals surface area contributed by atoms with Crippen molar-refractivity contribution in [2.75, 3.05) is 25.0 Å². The van der Waals surface area contributed by atoms with E-state index in [4.69, 9.17) is 5.14 Å². The van der Waals surface area contributed by atoms with Gasteiger partial charge in [-0.3, -0.25) is 4.79 Å². The number of nitrogens with one attached hydrogen (secondary N) is 1. The summed E-state index contributed by atoms with van der Waals surface area (Å²) in [6.45, 7) is 5.05. The Hall–Kier alpha value is -1.60. The van der Waals surface area contributed by atoms with E-state index in [9.17, 15) is 13.2 Å². The van der Waals surface area contributed by atoms with E-state index in [1.54, 1.807) is 23.1 Å². The number of anilines is 1. The molecule has 1 amide bonds. The van der Waals surface area contributed by atoms with E-state index in [1.807, 2.05) is 13.8 Å². The summed E-state index contributed by atoms with van der Waals surface area (Å²) in [7, 11) is -3.80. The molecule has 0 saturated carbocycles. The van der Waals surface area contributed by atoms with Gasteiger partial charge in [-0.2, -0.15) is 0 Å². The van der Waals surface area contributed by atoms with Crippen LogP contribution >= 0.6 is 0 Å². The van der Waals surface area contributed by atoms with Gasteiger partial charge in [0.2, 0.25) is 15.9 Å². The first-order valence-electron chi connectivity index (χ1n) is 6.03. The largest absolute Gasteiger partial charge is 0.375 e. The molecular formula is C12H19N3O3S. The monoisotopic (exact) mass is 285 g/mol. The van der Waals surface area contributed by atoms with Crippen LogP contribution in [0.4, 0.5) is 5.69 Å². The number of sulfonamides is 1. The molecule has 0 aliphatic heterocycles. The summed E-state index contributed by atoms with van der Waals surface area (Å²) in [6, 6.07) is 6.24. The van der Waals surface area contributed by atoms with Gasteiger partial charge in [0.25, 0.3) is 0 Å². The lowest BCUT2D eigenvalue weighted by molar-refractivity contribution is -0.128. The molecule has 7 heteroatoms. The number of nitrogens with zero attached hydrogens (tertiary/aromatic N) is 1. The lowest BCUT2D eigenvalue weighted by atomic mass is 10.3. The predicted octanol–water partition coefficient (Wildman–Crippen LogP) is 0.614. The molecule has 0 bridgehead atoms. The van der Waals surface area contributed by atoms with Crippen LogP contribution < -0.4 is 10.5 Å². The number of para-hydroxylation sites is 1. The Balaban J connectivity index is 2.82. The van der Waals surface area contributed by atoms with Crippen LogP contribution in [0.2, 0.25) is 0 Å². The lowest BCUT2D eigenvalue weighted by Gasteiger charge is -2.19. The topological polar surface area (TPSA) is 92.5 Å². The van der Waals surface area contributed by atoms with Crippen LogP contribution in [-0.4, -0.2) is 38.9 Å². The van der Waals surface area contributed by atoms with E-state index in [0.717, 1.165) is 0 Å². The molecule has 0 heterocycles. The normalized spacial score (nSPS) is 11.1. The van der Waals surface area contributed by atoms with Gasteiger partial charge in [0.05, 0.1) is 12.2 Å². The molecule has 0 radical (unpaired) electrons. The molecule has 3 N–H and O–H groups in total. The average molecular weight is 285 g/mol. The predicted molar refractivity (Wildman–Crippen MR) is 74.2 cm³/mol. The summed E-state index contributed by atoms with van der Waals surface area (Å²) in [6.07, 6.45) is 0. The van der Waals surface area contributed by atoms with E-state index in [2.05, 4.69) is 5.32 Å². The minimum atomic E-state index is -3.80. The molecule has 0 aromatic heterocycles. The van der Waals surface area contributed by atoms with Crippen molar-refractivity contribution in [3.05, 3.63) is 24.3 Å². The molecule has 1 aromatic carbocycles. The van der Waals surface area contributed by atoms with Crippen molar-refractivity contribution in [2.45, 2.75) is 18.7 Å². The Bertz CT molecular complexity index is 539. The molecule has 6 nitrogen and oxygen atoms in total. The molecule has 0 fully saturated rings. The van der Waals surface area contributed by atoms with Gasteiger partial charge >= 0.3 is 0 Å². The minimum Gasteiger partial charge on any atom is -0.375 e. The van der Waals surface area contributed by atoms with Crippen LogP contribution in [0, 0.1) is 0 Å². The molecule has 1 rings (SSSR count). The summed E-state index contributed by atoms with van der Waals surface area (Å²) in [5.74, 6) is -0.0887. The number of carbonyl (C=O) groups excluding carboxylic acids is 1. The van der Waals surface area contributed by atoms with Crippen molar-refractivity contribution in [2.24, 2.45) is 5.14 Å². The fourth-order valence-electron chi connectivity index (χ4n) is 1.72. The number of hydrogen-bond donors (Lipinski definition) is 2. The van der Waals surface area contributed by atoms with Crippen molar-refractivity contribution in [3.8, 4) is 0 Å². The number of hydrogen-bond acceptors (Lipinski definition) is 4. The third-order valence-electron chi connectivity index (χ3n) is 2.74. The van der Waals surface area contributed by atoms with Gasteiger partial charge in [-0.15, -0.1) is 0 Å². The third-order valence-corrected chi connectivity index (χ3v) is 3.71. The molecule has 0 aliphatic carbocycles. The minimum absolute atomic E-state index is 0.0117. The fraction of sp³-hybridized carbons (Fsp3) is 0.417. The highest BCUT2D eigenvalue weighted by atomic mass is 32.2. The Morgan fingerprint density at radius 1 is 1.26 bits per heavy atom. The van der Waals surface area contributed by atoms with E-state index >= 15 is 0 Å². The van der Waals surface area contributed by atoms with Crippen molar-refractivity contribution in [1.29, 1.82) is 0 Å². The van der Waals surface area contributed by atoms with Crippen molar-refractivity contribution in [3.63, 3.8) is 0 Å². The summed E-state index contributed by atoms with van der Waals surface area (Å²) in [5, 5.41) is 7.93. The number of carbonyl (C=O) groups is 1. The number of rotatable bonds is 6. The first kappa shape index (κ1) is 15.5. The standard InChI is InChI=1S/C12H19N3O3S/c1-3-15(4-2)12(16)9-14-10-7-5-6-8-11(10)19(13,17)18/h5-8,14H,3-4,9H2,1-2H3,(H2,13,17,18). The first-order chi connectivity index (χ1) is 8.90. The molecule has 1 aromatic rings. The Kier molecular flexibility index (Phi) is 5.31. The molecular weight excluding hydrogens is 266 g/mol. The maximum absolute atomic E-state index is 11.8. The van der Waals surface area contributed by atoms with Gasteiger partial charge in [0.1, 0.15) is 4.90 Å². The van der Waals surface area contributed by atoms with Gasteiger partial charge < -0.3 is 10.2 Å². The van der Waals surface area contributed by atoms with Crippen molar-refractivity contribution >= 4 is 21.6 Å². The number of nitrogens with two attached hydrogens (primary N) is 1. The molecule has 0 spiro atoms. The van der Waals surface area contributed by atoms with Gasteiger partial charge in [-0.25, -0.2) is 13.6 Å². The molecule has 106 valence electrons. The summed E-state index contributed by atoms with van der Waals surface area (Å²) in [4.78, 5) is 13.5. The highest BCUT2D eigenvalue weighted by Crippen LogP contribution is 2.18. The average Bonchev–Trinajstić information content (AvgIpc) is 2.37. The molecule has 19 heavy (non-hydrogen) atoms. The first-order valence-corrected chi connectivity index (χ1v) is 7.58. The van der Waals surface area contributed by atoms with Crippen LogP contribution in [-0.2, 0) is 14.8 Å².